The van der Waals surface area contributed by atoms with Crippen molar-refractivity contribution in [3.05, 3.63) is 0 Å². The molecule has 0 rings (SSSR count). The fourth-order valence-electron chi connectivity index (χ4n) is 3.79. The predicted molar refractivity (Wildman–Crippen MR) is 129 cm³/mol. The van der Waals surface area contributed by atoms with Gasteiger partial charge in [-0.1, -0.05) is 27.7 Å². The molecule has 0 saturated heterocycles. The Labute approximate surface area is 180 Å². The molecule has 0 N–H and O–H groups in total. The van der Waals surface area contributed by atoms with Crippen LogP contribution in [0.5, 0.6) is 0 Å². The van der Waals surface area contributed by atoms with Crippen molar-refractivity contribution in [2.45, 2.75) is 92.6 Å². The predicted octanol–water partition coefficient (Wildman–Crippen LogP) is 4.17. The van der Waals surface area contributed by atoms with Gasteiger partial charge in [0.25, 0.3) is 0 Å². The summed E-state index contributed by atoms with van der Waals surface area (Å²) in [7, 11) is -0.475. The summed E-state index contributed by atoms with van der Waals surface area (Å²) in [5.41, 5.74) is 0.0238. The maximum atomic E-state index is 6.15. The van der Waals surface area contributed by atoms with Gasteiger partial charge in [-0.25, -0.2) is 0 Å². The number of hydrogen-bond donors (Lipinski definition) is 0. The van der Waals surface area contributed by atoms with E-state index in [1.807, 2.05) is 0 Å². The number of nitrogens with zero attached hydrogens (tertiary/aromatic N) is 3. The Morgan fingerprint density at radius 1 is 0.571 bits per heavy atom. The van der Waals surface area contributed by atoms with Gasteiger partial charge in [-0.05, 0) is 112 Å². The van der Waals surface area contributed by atoms with Crippen molar-refractivity contribution < 1.29 is 4.43 Å². The first-order valence-electron chi connectivity index (χ1n) is 12.2. The van der Waals surface area contributed by atoms with Gasteiger partial charge < -0.3 is 19.1 Å². The van der Waals surface area contributed by atoms with Crippen molar-refractivity contribution in [1.29, 1.82) is 0 Å². The molecule has 0 aliphatic heterocycles. The van der Waals surface area contributed by atoms with E-state index in [9.17, 15) is 0 Å². The lowest BCUT2D eigenvalue weighted by Crippen LogP contribution is -2.37. The summed E-state index contributed by atoms with van der Waals surface area (Å²) >= 11 is 0. The van der Waals surface area contributed by atoms with Crippen LogP contribution < -0.4 is 0 Å². The second-order valence-corrected chi connectivity index (χ2v) is 10.3. The highest BCUT2D eigenvalue weighted by Crippen LogP contribution is 2.06. The summed E-state index contributed by atoms with van der Waals surface area (Å²) in [6.07, 6.45) is 8.83. The molecule has 0 unspecified atom stereocenters. The van der Waals surface area contributed by atoms with Crippen LogP contribution in [0.25, 0.3) is 0 Å². The second-order valence-electron chi connectivity index (χ2n) is 9.19. The third-order valence-corrected chi connectivity index (χ3v) is 6.88. The van der Waals surface area contributed by atoms with Gasteiger partial charge in [-0.3, -0.25) is 0 Å². The first-order chi connectivity index (χ1) is 13.4. The zero-order chi connectivity index (χ0) is 21.3. The van der Waals surface area contributed by atoms with Crippen molar-refractivity contribution in [3.8, 4) is 0 Å². The fourth-order valence-corrected chi connectivity index (χ4v) is 5.20. The maximum absolute atomic E-state index is 6.15. The van der Waals surface area contributed by atoms with Gasteiger partial charge >= 0.3 is 0 Å². The van der Waals surface area contributed by atoms with Crippen LogP contribution in [-0.2, 0) is 4.43 Å². The molecule has 0 bridgehead atoms. The molecule has 0 aliphatic carbocycles. The van der Waals surface area contributed by atoms with E-state index < -0.39 is 9.76 Å². The van der Waals surface area contributed by atoms with E-state index in [1.165, 1.54) is 97.1 Å². The Hall–Kier alpha value is 0.0569. The highest BCUT2D eigenvalue weighted by atomic mass is 28.2. The molecule has 0 atom stereocenters. The molecule has 170 valence electrons. The molecule has 0 aromatic heterocycles. The molecule has 0 aromatic carbocycles. The molecule has 0 aromatic rings. The Balaban J connectivity index is 4.42. The van der Waals surface area contributed by atoms with E-state index in [-0.39, 0.29) is 5.60 Å². The molecule has 0 saturated carbocycles. The number of rotatable bonds is 19. The molecule has 0 spiro atoms. The lowest BCUT2D eigenvalue weighted by molar-refractivity contribution is 0.131. The van der Waals surface area contributed by atoms with Crippen LogP contribution in [-0.4, -0.2) is 88.6 Å². The SMILES string of the molecule is CCCN(CCC)CCCN(CCCN(CCC)CCC)C[SiH2]OC(C)(C)C. The minimum atomic E-state index is -0.475. The standard InChI is InChI=1S/C23H53N3OSi/c1-8-14-24(15-9-2)18-12-20-26(22-28-27-23(5,6)7)21-13-19-25(16-10-3)17-11-4/h8-22,28H2,1-7H3. The first-order valence-corrected chi connectivity index (χ1v) is 13.7. The third-order valence-electron chi connectivity index (χ3n) is 5.00. The fraction of sp³-hybridized carbons (Fsp3) is 1.00. The summed E-state index contributed by atoms with van der Waals surface area (Å²) in [6, 6.07) is 0. The van der Waals surface area contributed by atoms with E-state index in [1.54, 1.807) is 0 Å². The first kappa shape index (κ1) is 28.1. The van der Waals surface area contributed by atoms with Gasteiger partial charge in [0, 0.05) is 11.8 Å². The molecule has 0 aliphatic rings. The van der Waals surface area contributed by atoms with Crippen LogP contribution in [0.2, 0.25) is 0 Å². The monoisotopic (exact) mass is 415 g/mol. The molecule has 5 heteroatoms. The van der Waals surface area contributed by atoms with Crippen molar-refractivity contribution >= 4 is 9.76 Å². The molecular formula is C23H53N3OSi. The van der Waals surface area contributed by atoms with Crippen molar-refractivity contribution in [3.63, 3.8) is 0 Å². The molecule has 0 radical (unpaired) electrons. The summed E-state index contributed by atoms with van der Waals surface area (Å²) in [4.78, 5) is 7.99. The lowest BCUT2D eigenvalue weighted by Gasteiger charge is -2.28. The lowest BCUT2D eigenvalue weighted by atomic mass is 10.2. The quantitative estimate of drug-likeness (QED) is 0.295. The normalized spacial score (nSPS) is 13.1. The van der Waals surface area contributed by atoms with Crippen molar-refractivity contribution in [1.82, 2.24) is 14.7 Å². The van der Waals surface area contributed by atoms with Gasteiger partial charge in [0.05, 0.1) is 0 Å². The second kappa shape index (κ2) is 17.9. The molecule has 0 fully saturated rings. The van der Waals surface area contributed by atoms with Gasteiger partial charge in [0.2, 0.25) is 0 Å². The minimum absolute atomic E-state index is 0.0238. The zero-order valence-corrected chi connectivity index (χ0v) is 22.0. The summed E-state index contributed by atoms with van der Waals surface area (Å²) in [5.74, 6) is 0. The third kappa shape index (κ3) is 17.0. The van der Waals surface area contributed by atoms with Crippen LogP contribution in [0, 0.1) is 0 Å². The van der Waals surface area contributed by atoms with E-state index in [0.717, 1.165) is 0 Å². The van der Waals surface area contributed by atoms with Crippen LogP contribution >= 0.6 is 0 Å². The Morgan fingerprint density at radius 2 is 0.929 bits per heavy atom. The molecule has 0 amide bonds. The summed E-state index contributed by atoms with van der Waals surface area (Å²) < 4.78 is 6.15. The highest BCUT2D eigenvalue weighted by Gasteiger charge is 2.13. The minimum Gasteiger partial charge on any atom is -0.418 e. The van der Waals surface area contributed by atoms with Crippen LogP contribution in [0.4, 0.5) is 0 Å². The van der Waals surface area contributed by atoms with Gasteiger partial charge in [0.15, 0.2) is 9.76 Å². The van der Waals surface area contributed by atoms with Crippen LogP contribution in [0.1, 0.15) is 87.0 Å². The molecule has 4 nitrogen and oxygen atoms in total. The van der Waals surface area contributed by atoms with Crippen LogP contribution in [0.3, 0.4) is 0 Å². The molecular weight excluding hydrogens is 362 g/mol. The van der Waals surface area contributed by atoms with E-state index in [0.29, 0.717) is 0 Å². The zero-order valence-electron chi connectivity index (χ0n) is 20.6. The van der Waals surface area contributed by atoms with E-state index in [4.69, 9.17) is 4.43 Å². The Bertz CT molecular complexity index is 302. The van der Waals surface area contributed by atoms with E-state index in [2.05, 4.69) is 63.2 Å². The largest absolute Gasteiger partial charge is 0.418 e. The maximum Gasteiger partial charge on any atom is 0.176 e. The number of hydrogen-bond acceptors (Lipinski definition) is 4. The van der Waals surface area contributed by atoms with Gasteiger partial charge in [-0.2, -0.15) is 0 Å². The Kier molecular flexibility index (Phi) is 17.9. The summed E-state index contributed by atoms with van der Waals surface area (Å²) in [5, 5.41) is 0. The topological polar surface area (TPSA) is 19.0 Å². The van der Waals surface area contributed by atoms with Crippen molar-refractivity contribution in [2.75, 3.05) is 58.5 Å². The molecule has 0 heterocycles. The van der Waals surface area contributed by atoms with Gasteiger partial charge in [0.1, 0.15) is 0 Å². The average Bonchev–Trinajstić information content (AvgIpc) is 2.61. The Morgan fingerprint density at radius 3 is 1.25 bits per heavy atom. The smallest absolute Gasteiger partial charge is 0.176 e. The van der Waals surface area contributed by atoms with E-state index >= 15 is 0 Å². The van der Waals surface area contributed by atoms with Crippen LogP contribution in [0.15, 0.2) is 0 Å². The average molecular weight is 416 g/mol. The van der Waals surface area contributed by atoms with Gasteiger partial charge in [-0.15, -0.1) is 0 Å². The van der Waals surface area contributed by atoms with Crippen molar-refractivity contribution in [2.24, 2.45) is 0 Å². The summed E-state index contributed by atoms with van der Waals surface area (Å²) in [6.45, 7) is 25.7. The highest BCUT2D eigenvalue weighted by molar-refractivity contribution is 6.27. The molecule has 28 heavy (non-hydrogen) atoms.